The summed E-state index contributed by atoms with van der Waals surface area (Å²) in [5, 5.41) is 0. The highest BCUT2D eigenvalue weighted by atomic mass is 16.9. The fourth-order valence-corrected chi connectivity index (χ4v) is 7.01. The molecule has 12 atom stereocenters. The quantitative estimate of drug-likeness (QED) is 0.362. The highest BCUT2D eigenvalue weighted by molar-refractivity contribution is 5.14. The lowest BCUT2D eigenvalue weighted by molar-refractivity contribution is -0.363. The summed E-state index contributed by atoms with van der Waals surface area (Å²) in [7, 11) is 0. The van der Waals surface area contributed by atoms with Crippen molar-refractivity contribution in [3.05, 3.63) is 71.8 Å². The van der Waals surface area contributed by atoms with Crippen LogP contribution in [0.4, 0.5) is 0 Å². The van der Waals surface area contributed by atoms with Crippen LogP contribution in [0.2, 0.25) is 0 Å². The van der Waals surface area contributed by atoms with E-state index >= 15 is 0 Å². The fraction of sp³-hybridized carbons (Fsp3) is 0.667. The standard InChI is InChI=1S/C36H48O11/c1-21-22(2)41-29-27(40-21)25(19-37-17-23-13-9-7-10-14-23)42-33(31(29)38-18-24-15-11-8-12-16-24)39-20-26-28-30(45-35(3,4)44-28)32-34(43-26)47-36(5,6)46-32/h7-16,21-22,25-34H,17-20H2,1-6H3/t21?,22?,25-,26-,27-,28+,29+,30+,31+,32-,33+,34-/m1/s1. The van der Waals surface area contributed by atoms with Crippen LogP contribution in [0, 0.1) is 0 Å². The number of rotatable bonds is 10. The summed E-state index contributed by atoms with van der Waals surface area (Å²) in [5.41, 5.74) is 2.10. The zero-order valence-electron chi connectivity index (χ0n) is 28.0. The summed E-state index contributed by atoms with van der Waals surface area (Å²) < 4.78 is 70.6. The molecule has 258 valence electrons. The van der Waals surface area contributed by atoms with Gasteiger partial charge in [-0.25, -0.2) is 0 Å². The largest absolute Gasteiger partial charge is 0.374 e. The van der Waals surface area contributed by atoms with Crippen molar-refractivity contribution in [2.45, 2.75) is 140 Å². The maximum atomic E-state index is 6.68. The highest BCUT2D eigenvalue weighted by Crippen LogP contribution is 2.44. The molecule has 0 radical (unpaired) electrons. The summed E-state index contributed by atoms with van der Waals surface area (Å²) in [4.78, 5) is 0. The monoisotopic (exact) mass is 656 g/mol. The van der Waals surface area contributed by atoms with Crippen molar-refractivity contribution in [2.75, 3.05) is 13.2 Å². The molecule has 0 saturated carbocycles. The Kier molecular flexibility index (Phi) is 9.78. The van der Waals surface area contributed by atoms with Gasteiger partial charge in [0, 0.05) is 0 Å². The van der Waals surface area contributed by atoms with E-state index in [-0.39, 0.29) is 25.4 Å². The van der Waals surface area contributed by atoms with Crippen LogP contribution in [-0.2, 0) is 65.3 Å². The van der Waals surface area contributed by atoms with Crippen molar-refractivity contribution in [3.8, 4) is 0 Å². The average Bonchev–Trinajstić information content (AvgIpc) is 3.54. The summed E-state index contributed by atoms with van der Waals surface area (Å²) in [5.74, 6) is -1.64. The first-order valence-electron chi connectivity index (χ1n) is 16.8. The molecule has 0 bridgehead atoms. The molecule has 5 aliphatic heterocycles. The van der Waals surface area contributed by atoms with Crippen molar-refractivity contribution in [1.82, 2.24) is 0 Å². The van der Waals surface area contributed by atoms with Gasteiger partial charge in [0.05, 0.1) is 38.6 Å². The normalized spacial score (nSPS) is 40.4. The Morgan fingerprint density at radius 3 is 1.83 bits per heavy atom. The van der Waals surface area contributed by atoms with E-state index in [1.54, 1.807) is 0 Å². The summed E-state index contributed by atoms with van der Waals surface area (Å²) >= 11 is 0. The molecule has 2 aromatic rings. The van der Waals surface area contributed by atoms with Crippen LogP contribution in [-0.4, -0.2) is 98.4 Å². The Hall–Kier alpha value is -2.00. The third-order valence-electron chi connectivity index (χ3n) is 9.35. The third-order valence-corrected chi connectivity index (χ3v) is 9.35. The zero-order valence-corrected chi connectivity index (χ0v) is 28.0. The molecule has 0 amide bonds. The number of benzene rings is 2. The molecular weight excluding hydrogens is 608 g/mol. The molecule has 5 heterocycles. The van der Waals surface area contributed by atoms with Crippen molar-refractivity contribution < 1.29 is 52.1 Å². The third kappa shape index (κ3) is 7.46. The van der Waals surface area contributed by atoms with Crippen molar-refractivity contribution >= 4 is 0 Å². The molecule has 0 aliphatic carbocycles. The average molecular weight is 657 g/mol. The van der Waals surface area contributed by atoms with E-state index in [9.17, 15) is 0 Å². The Balaban J connectivity index is 1.11. The number of hydrogen-bond donors (Lipinski definition) is 0. The Morgan fingerprint density at radius 2 is 1.13 bits per heavy atom. The molecule has 0 N–H and O–H groups in total. The van der Waals surface area contributed by atoms with E-state index < -0.39 is 73.0 Å². The Morgan fingerprint density at radius 1 is 0.553 bits per heavy atom. The minimum atomic E-state index is -0.820. The van der Waals surface area contributed by atoms with Gasteiger partial charge in [0.15, 0.2) is 24.2 Å². The number of hydrogen-bond acceptors (Lipinski definition) is 11. The van der Waals surface area contributed by atoms with Crippen LogP contribution in [0.3, 0.4) is 0 Å². The van der Waals surface area contributed by atoms with Crippen LogP contribution >= 0.6 is 0 Å². The van der Waals surface area contributed by atoms with E-state index in [2.05, 4.69) is 0 Å². The van der Waals surface area contributed by atoms with Crippen molar-refractivity contribution in [1.29, 1.82) is 0 Å². The topological polar surface area (TPSA) is 102 Å². The molecule has 0 spiro atoms. The van der Waals surface area contributed by atoms with Gasteiger partial charge in [0.2, 0.25) is 0 Å². The second kappa shape index (κ2) is 13.7. The van der Waals surface area contributed by atoms with Crippen LogP contribution in [0.5, 0.6) is 0 Å². The molecule has 0 aromatic heterocycles. The molecule has 11 heteroatoms. The first kappa shape index (κ1) is 33.5. The lowest BCUT2D eigenvalue weighted by Gasteiger charge is -2.51. The first-order valence-corrected chi connectivity index (χ1v) is 16.8. The second-order valence-electron chi connectivity index (χ2n) is 14.0. The molecule has 7 rings (SSSR count). The van der Waals surface area contributed by atoms with Crippen LogP contribution in [0.25, 0.3) is 0 Å². The number of ether oxygens (including phenoxy) is 11. The maximum Gasteiger partial charge on any atom is 0.190 e. The SMILES string of the molecule is CC1O[C@@H]2[C@H](OCc3ccccc3)[C@@H](OC[C@H]3O[C@@H]4OC(C)(C)O[C@@H]4[C@H]4OC(C)(C)O[C@H]43)O[C@H](COCc3ccccc3)[C@H]2OC1C. The first-order chi connectivity index (χ1) is 22.6. The predicted molar refractivity (Wildman–Crippen MR) is 167 cm³/mol. The van der Waals surface area contributed by atoms with Gasteiger partial charge in [-0.2, -0.15) is 0 Å². The molecule has 47 heavy (non-hydrogen) atoms. The minimum Gasteiger partial charge on any atom is -0.374 e. The van der Waals surface area contributed by atoms with Gasteiger partial charge >= 0.3 is 0 Å². The molecule has 2 unspecified atom stereocenters. The van der Waals surface area contributed by atoms with E-state index in [1.807, 2.05) is 102 Å². The van der Waals surface area contributed by atoms with E-state index in [0.717, 1.165) is 11.1 Å². The fourth-order valence-electron chi connectivity index (χ4n) is 7.01. The van der Waals surface area contributed by atoms with E-state index in [0.29, 0.717) is 13.2 Å². The molecular formula is C36H48O11. The second-order valence-corrected chi connectivity index (χ2v) is 14.0. The summed E-state index contributed by atoms with van der Waals surface area (Å²) in [6.45, 7) is 12.7. The zero-order chi connectivity index (χ0) is 32.8. The van der Waals surface area contributed by atoms with Crippen LogP contribution in [0.1, 0.15) is 52.7 Å². The summed E-state index contributed by atoms with van der Waals surface area (Å²) in [6.07, 6.45) is -5.48. The van der Waals surface area contributed by atoms with Gasteiger partial charge in [-0.3, -0.25) is 0 Å². The molecule has 5 aliphatic rings. The van der Waals surface area contributed by atoms with Gasteiger partial charge in [0.1, 0.15) is 48.8 Å². The van der Waals surface area contributed by atoms with E-state index in [1.165, 1.54) is 0 Å². The lowest BCUT2D eigenvalue weighted by Crippen LogP contribution is -2.66. The molecule has 5 fully saturated rings. The molecule has 2 aromatic carbocycles. The predicted octanol–water partition coefficient (Wildman–Crippen LogP) is 4.49. The minimum absolute atomic E-state index is 0.130. The number of fused-ring (bicyclic) bond motifs is 4. The highest BCUT2D eigenvalue weighted by Gasteiger charge is 2.61. The lowest BCUT2D eigenvalue weighted by atomic mass is 9.95. The smallest absolute Gasteiger partial charge is 0.190 e. The molecule has 5 saturated heterocycles. The van der Waals surface area contributed by atoms with Gasteiger partial charge in [-0.15, -0.1) is 0 Å². The maximum absolute atomic E-state index is 6.68. The Bertz CT molecular complexity index is 1310. The molecule has 11 nitrogen and oxygen atoms in total. The van der Waals surface area contributed by atoms with Crippen molar-refractivity contribution in [2.24, 2.45) is 0 Å². The van der Waals surface area contributed by atoms with Crippen LogP contribution in [0.15, 0.2) is 60.7 Å². The summed E-state index contributed by atoms with van der Waals surface area (Å²) in [6, 6.07) is 20.1. The van der Waals surface area contributed by atoms with E-state index in [4.69, 9.17) is 52.1 Å². The van der Waals surface area contributed by atoms with Gasteiger partial charge < -0.3 is 52.1 Å². The van der Waals surface area contributed by atoms with Crippen LogP contribution < -0.4 is 0 Å². The Labute approximate surface area is 276 Å². The van der Waals surface area contributed by atoms with Gasteiger partial charge in [-0.1, -0.05) is 60.7 Å². The van der Waals surface area contributed by atoms with Crippen molar-refractivity contribution in [3.63, 3.8) is 0 Å². The van der Waals surface area contributed by atoms with Gasteiger partial charge in [-0.05, 0) is 52.7 Å². The van der Waals surface area contributed by atoms with Gasteiger partial charge in [0.25, 0.3) is 0 Å².